The molecule has 0 spiro atoms. The van der Waals surface area contributed by atoms with Crippen molar-refractivity contribution in [3.05, 3.63) is 42.4 Å². The van der Waals surface area contributed by atoms with E-state index in [-0.39, 0.29) is 5.91 Å². The van der Waals surface area contributed by atoms with E-state index >= 15 is 0 Å². The minimum absolute atomic E-state index is 0.211. The molecular formula is C21H27N5O. The van der Waals surface area contributed by atoms with Crippen molar-refractivity contribution in [2.75, 3.05) is 28.6 Å². The fourth-order valence-electron chi connectivity index (χ4n) is 3.94. The highest BCUT2D eigenvalue weighted by Gasteiger charge is 2.16. The molecule has 4 rings (SSSR count). The number of benzene rings is 1. The van der Waals surface area contributed by atoms with Crippen molar-refractivity contribution in [1.82, 2.24) is 9.97 Å². The summed E-state index contributed by atoms with van der Waals surface area (Å²) in [6.45, 7) is 2.23. The van der Waals surface area contributed by atoms with E-state index < -0.39 is 0 Å². The Morgan fingerprint density at radius 1 is 0.963 bits per heavy atom. The second-order valence-corrected chi connectivity index (χ2v) is 7.46. The summed E-state index contributed by atoms with van der Waals surface area (Å²) in [6.07, 6.45) is 10.1. The van der Waals surface area contributed by atoms with Gasteiger partial charge in [-0.1, -0.05) is 12.8 Å². The first kappa shape index (κ1) is 17.8. The van der Waals surface area contributed by atoms with Crippen LogP contribution in [0.15, 0.2) is 36.7 Å². The predicted molar refractivity (Wildman–Crippen MR) is 108 cm³/mol. The highest BCUT2D eigenvalue weighted by molar-refractivity contribution is 6.03. The number of carbonyl (C=O) groups excluding carboxylic acids is 1. The molecule has 0 atom stereocenters. The minimum atomic E-state index is -0.211. The van der Waals surface area contributed by atoms with Crippen LogP contribution in [0.25, 0.3) is 0 Å². The van der Waals surface area contributed by atoms with Gasteiger partial charge in [-0.2, -0.15) is 0 Å². The van der Waals surface area contributed by atoms with Gasteiger partial charge in [0.25, 0.3) is 5.91 Å². The van der Waals surface area contributed by atoms with Gasteiger partial charge in [0.05, 0.1) is 0 Å². The average molecular weight is 365 g/mol. The Labute approximate surface area is 160 Å². The van der Waals surface area contributed by atoms with Crippen molar-refractivity contribution in [2.45, 2.75) is 51.0 Å². The largest absolute Gasteiger partial charge is 0.372 e. The standard InChI is InChI=1S/C21H27N5O/c27-21(19-14-20(23-15-22-19)24-16-6-2-3-7-16)25-17-8-10-18(11-9-17)26-12-4-1-5-13-26/h8-11,14-16H,1-7,12-13H2,(H,25,27)(H,22,23,24). The smallest absolute Gasteiger partial charge is 0.274 e. The van der Waals surface area contributed by atoms with Gasteiger partial charge in [0.2, 0.25) is 0 Å². The Bertz CT molecular complexity index is 764. The van der Waals surface area contributed by atoms with E-state index in [2.05, 4.69) is 37.6 Å². The molecule has 2 N–H and O–H groups in total. The van der Waals surface area contributed by atoms with E-state index in [1.165, 1.54) is 44.1 Å². The first-order valence-electron chi connectivity index (χ1n) is 10.0. The lowest BCUT2D eigenvalue weighted by Crippen LogP contribution is -2.29. The van der Waals surface area contributed by atoms with Crippen LogP contribution in [0.5, 0.6) is 0 Å². The van der Waals surface area contributed by atoms with Crippen LogP contribution in [-0.2, 0) is 0 Å². The van der Waals surface area contributed by atoms with E-state index in [0.717, 1.165) is 37.4 Å². The normalized spacial score (nSPS) is 17.7. The molecular weight excluding hydrogens is 338 g/mol. The highest BCUT2D eigenvalue weighted by atomic mass is 16.1. The van der Waals surface area contributed by atoms with Crippen molar-refractivity contribution < 1.29 is 4.79 Å². The molecule has 27 heavy (non-hydrogen) atoms. The van der Waals surface area contributed by atoms with Gasteiger partial charge in [-0.25, -0.2) is 9.97 Å². The van der Waals surface area contributed by atoms with Gasteiger partial charge in [-0.05, 0) is 56.4 Å². The van der Waals surface area contributed by atoms with E-state index in [4.69, 9.17) is 0 Å². The lowest BCUT2D eigenvalue weighted by Gasteiger charge is -2.28. The molecule has 1 aromatic heterocycles. The number of rotatable bonds is 5. The topological polar surface area (TPSA) is 70.2 Å². The molecule has 1 amide bonds. The summed E-state index contributed by atoms with van der Waals surface area (Å²) in [7, 11) is 0. The number of nitrogens with one attached hydrogen (secondary N) is 2. The molecule has 2 fully saturated rings. The summed E-state index contributed by atoms with van der Waals surface area (Å²) in [6, 6.07) is 10.3. The highest BCUT2D eigenvalue weighted by Crippen LogP contribution is 2.23. The van der Waals surface area contributed by atoms with Crippen LogP contribution in [0.3, 0.4) is 0 Å². The third-order valence-electron chi connectivity index (χ3n) is 5.45. The number of hydrogen-bond donors (Lipinski definition) is 2. The number of aromatic nitrogens is 2. The maximum Gasteiger partial charge on any atom is 0.274 e. The van der Waals surface area contributed by atoms with Crippen LogP contribution >= 0.6 is 0 Å². The van der Waals surface area contributed by atoms with E-state index in [1.807, 2.05) is 12.1 Å². The van der Waals surface area contributed by atoms with Crippen LogP contribution in [0.2, 0.25) is 0 Å². The molecule has 1 saturated heterocycles. The fourth-order valence-corrected chi connectivity index (χ4v) is 3.94. The molecule has 1 aromatic carbocycles. The van der Waals surface area contributed by atoms with Gasteiger partial charge in [-0.15, -0.1) is 0 Å². The second-order valence-electron chi connectivity index (χ2n) is 7.46. The molecule has 1 saturated carbocycles. The van der Waals surface area contributed by atoms with Gasteiger partial charge in [0.15, 0.2) is 0 Å². The van der Waals surface area contributed by atoms with Gasteiger partial charge >= 0.3 is 0 Å². The third-order valence-corrected chi connectivity index (χ3v) is 5.45. The molecule has 6 nitrogen and oxygen atoms in total. The van der Waals surface area contributed by atoms with Gasteiger partial charge in [0.1, 0.15) is 17.8 Å². The molecule has 2 heterocycles. The van der Waals surface area contributed by atoms with Crippen molar-refractivity contribution in [1.29, 1.82) is 0 Å². The van der Waals surface area contributed by atoms with Crippen molar-refractivity contribution >= 4 is 23.1 Å². The van der Waals surface area contributed by atoms with Crippen LogP contribution in [0.4, 0.5) is 17.2 Å². The maximum absolute atomic E-state index is 12.6. The Hall–Kier alpha value is -2.63. The number of hydrogen-bond acceptors (Lipinski definition) is 5. The van der Waals surface area contributed by atoms with E-state index in [0.29, 0.717) is 11.7 Å². The second kappa shape index (κ2) is 8.37. The van der Waals surface area contributed by atoms with Crippen molar-refractivity contribution in [2.24, 2.45) is 0 Å². The van der Waals surface area contributed by atoms with Gasteiger partial charge < -0.3 is 15.5 Å². The molecule has 0 bridgehead atoms. The van der Waals surface area contributed by atoms with E-state index in [1.54, 1.807) is 6.07 Å². The Balaban J connectivity index is 1.38. The average Bonchev–Trinajstić information content (AvgIpc) is 3.22. The molecule has 2 aromatic rings. The molecule has 142 valence electrons. The Morgan fingerprint density at radius 2 is 1.70 bits per heavy atom. The van der Waals surface area contributed by atoms with E-state index in [9.17, 15) is 4.79 Å². The Morgan fingerprint density at radius 3 is 2.44 bits per heavy atom. The summed E-state index contributed by atoms with van der Waals surface area (Å²) in [5, 5.41) is 6.34. The summed E-state index contributed by atoms with van der Waals surface area (Å²) < 4.78 is 0. The first-order valence-corrected chi connectivity index (χ1v) is 10.0. The third kappa shape index (κ3) is 4.56. The number of anilines is 3. The number of amides is 1. The van der Waals surface area contributed by atoms with Crippen LogP contribution in [-0.4, -0.2) is 35.0 Å². The zero-order valence-corrected chi connectivity index (χ0v) is 15.7. The molecule has 1 aliphatic heterocycles. The molecule has 1 aliphatic carbocycles. The number of carbonyl (C=O) groups is 1. The first-order chi connectivity index (χ1) is 13.3. The van der Waals surface area contributed by atoms with Gasteiger partial charge in [-0.3, -0.25) is 4.79 Å². The minimum Gasteiger partial charge on any atom is -0.372 e. The summed E-state index contributed by atoms with van der Waals surface area (Å²) in [5.74, 6) is 0.514. The molecule has 0 radical (unpaired) electrons. The SMILES string of the molecule is O=C(Nc1ccc(N2CCCCC2)cc1)c1cc(NC2CCCC2)ncn1. The van der Waals surface area contributed by atoms with Crippen LogP contribution in [0, 0.1) is 0 Å². The Kier molecular flexibility index (Phi) is 5.51. The quantitative estimate of drug-likeness (QED) is 0.836. The lowest BCUT2D eigenvalue weighted by molar-refractivity contribution is 0.102. The van der Waals surface area contributed by atoms with Crippen molar-refractivity contribution in [3.8, 4) is 0 Å². The number of nitrogens with zero attached hydrogens (tertiary/aromatic N) is 3. The number of piperidine rings is 1. The van der Waals surface area contributed by atoms with Gasteiger partial charge in [0, 0.05) is 36.6 Å². The monoisotopic (exact) mass is 365 g/mol. The maximum atomic E-state index is 12.6. The fraction of sp³-hybridized carbons (Fsp3) is 0.476. The van der Waals surface area contributed by atoms with Crippen molar-refractivity contribution in [3.63, 3.8) is 0 Å². The molecule has 6 heteroatoms. The molecule has 0 unspecified atom stereocenters. The molecule has 2 aliphatic rings. The lowest BCUT2D eigenvalue weighted by atomic mass is 10.1. The predicted octanol–water partition coefficient (Wildman–Crippen LogP) is 4.07. The summed E-state index contributed by atoms with van der Waals surface area (Å²) >= 11 is 0. The summed E-state index contributed by atoms with van der Waals surface area (Å²) in [4.78, 5) is 23.3. The summed E-state index contributed by atoms with van der Waals surface area (Å²) in [5.41, 5.74) is 2.38. The van der Waals surface area contributed by atoms with Crippen LogP contribution < -0.4 is 15.5 Å². The zero-order valence-electron chi connectivity index (χ0n) is 15.7. The zero-order chi connectivity index (χ0) is 18.5. The van der Waals surface area contributed by atoms with Crippen LogP contribution in [0.1, 0.15) is 55.4 Å².